The summed E-state index contributed by atoms with van der Waals surface area (Å²) in [5, 5.41) is 12.6. The van der Waals surface area contributed by atoms with Crippen LogP contribution in [-0.4, -0.2) is 59.1 Å². The normalized spacial score (nSPS) is 15.5. The van der Waals surface area contributed by atoms with Crippen LogP contribution in [0.5, 0.6) is 0 Å². The molecular weight excluding hydrogens is 536 g/mol. The molecule has 0 spiro atoms. The van der Waals surface area contributed by atoms with E-state index in [1.54, 1.807) is 23.1 Å². The number of nitrogens with one attached hydrogen (secondary N) is 1. The van der Waals surface area contributed by atoms with Crippen LogP contribution in [-0.2, 0) is 48.2 Å². The molecule has 224 valence electrons. The minimum atomic E-state index is -1.26. The van der Waals surface area contributed by atoms with Gasteiger partial charge in [0.2, 0.25) is 11.8 Å². The summed E-state index contributed by atoms with van der Waals surface area (Å²) >= 11 is 0. The Morgan fingerprint density at radius 2 is 1.71 bits per heavy atom. The second-order valence-corrected chi connectivity index (χ2v) is 10.3. The molecule has 0 saturated carbocycles. The van der Waals surface area contributed by atoms with Crippen LogP contribution in [0.15, 0.2) is 79.9 Å². The third-order valence-electron chi connectivity index (χ3n) is 7.15. The molecule has 0 unspecified atom stereocenters. The minimum absolute atomic E-state index is 0.0210. The number of unbranched alkanes of at least 4 members (excludes halogenated alkanes) is 1. The lowest BCUT2D eigenvalue weighted by atomic mass is 9.92. The number of rotatable bonds is 16. The zero-order valence-corrected chi connectivity index (χ0v) is 23.9. The van der Waals surface area contributed by atoms with Crippen LogP contribution in [0.4, 0.5) is 0 Å². The Morgan fingerprint density at radius 1 is 1.00 bits per heavy atom. The van der Waals surface area contributed by atoms with Crippen LogP contribution in [0, 0.1) is 5.92 Å². The molecule has 0 aliphatic carbocycles. The molecule has 9 nitrogen and oxygen atoms in total. The standard InChI is InChI=1S/C33H40N2O7/c1-3-5-7-17-31(38)41-23-29(33(40)42-22-24-13-8-6-9-14-24)34-32(39)26(12-4-2)19-30(37)35-20-27-16-11-10-15-25(27)18-28(35)21-36/h3-4,6,8-11,13-16,26,28-29,36H,1-2,5,7,12,17-23H2,(H,34,39)/t26-,28+,29-/m1/s1. The molecule has 0 aromatic heterocycles. The highest BCUT2D eigenvalue weighted by Crippen LogP contribution is 2.25. The van der Waals surface area contributed by atoms with Gasteiger partial charge in [0.05, 0.1) is 18.6 Å². The Hall–Kier alpha value is -4.24. The van der Waals surface area contributed by atoms with Crippen molar-refractivity contribution in [2.45, 2.75) is 63.8 Å². The Morgan fingerprint density at radius 3 is 2.40 bits per heavy atom. The van der Waals surface area contributed by atoms with Crippen LogP contribution in [0.1, 0.15) is 48.8 Å². The molecule has 0 radical (unpaired) electrons. The lowest BCUT2D eigenvalue weighted by Crippen LogP contribution is -2.50. The zero-order chi connectivity index (χ0) is 30.3. The smallest absolute Gasteiger partial charge is 0.332 e. The molecule has 1 aliphatic rings. The fourth-order valence-corrected chi connectivity index (χ4v) is 4.78. The highest BCUT2D eigenvalue weighted by molar-refractivity contribution is 5.89. The number of aliphatic hydroxyl groups excluding tert-OH is 1. The first-order chi connectivity index (χ1) is 20.4. The zero-order valence-electron chi connectivity index (χ0n) is 23.9. The maximum Gasteiger partial charge on any atom is 0.332 e. The number of hydrogen-bond acceptors (Lipinski definition) is 7. The van der Waals surface area contributed by atoms with Crippen LogP contribution >= 0.6 is 0 Å². The molecule has 0 bridgehead atoms. The van der Waals surface area contributed by atoms with E-state index in [0.717, 1.165) is 16.7 Å². The largest absolute Gasteiger partial charge is 0.463 e. The van der Waals surface area contributed by atoms with Crippen LogP contribution in [0.25, 0.3) is 0 Å². The first-order valence-corrected chi connectivity index (χ1v) is 14.2. The number of esters is 2. The highest BCUT2D eigenvalue weighted by Gasteiger charge is 2.33. The van der Waals surface area contributed by atoms with Crippen molar-refractivity contribution in [1.29, 1.82) is 0 Å². The Labute approximate surface area is 247 Å². The van der Waals surface area contributed by atoms with Gasteiger partial charge in [-0.3, -0.25) is 14.4 Å². The van der Waals surface area contributed by atoms with E-state index in [0.29, 0.717) is 25.8 Å². The second-order valence-electron chi connectivity index (χ2n) is 10.3. The molecule has 2 amide bonds. The molecule has 0 fully saturated rings. The lowest BCUT2D eigenvalue weighted by Gasteiger charge is -2.36. The van der Waals surface area contributed by atoms with E-state index in [2.05, 4.69) is 18.5 Å². The van der Waals surface area contributed by atoms with Crippen molar-refractivity contribution in [2.75, 3.05) is 13.2 Å². The average Bonchev–Trinajstić information content (AvgIpc) is 3.01. The lowest BCUT2D eigenvalue weighted by molar-refractivity contribution is -0.155. The molecule has 2 aromatic carbocycles. The topological polar surface area (TPSA) is 122 Å². The van der Waals surface area contributed by atoms with Gasteiger partial charge < -0.3 is 24.8 Å². The molecule has 3 atom stereocenters. The number of hydrogen-bond donors (Lipinski definition) is 2. The molecule has 0 saturated heterocycles. The molecule has 42 heavy (non-hydrogen) atoms. The Balaban J connectivity index is 1.68. The second kappa shape index (κ2) is 16.9. The highest BCUT2D eigenvalue weighted by atomic mass is 16.6. The number of amides is 2. The summed E-state index contributed by atoms with van der Waals surface area (Å²) in [6, 6.07) is 15.1. The van der Waals surface area contributed by atoms with Crippen molar-refractivity contribution < 1.29 is 33.8 Å². The summed E-state index contributed by atoms with van der Waals surface area (Å²) in [5.41, 5.74) is 2.84. The quantitative estimate of drug-likeness (QED) is 0.178. The molecule has 1 aliphatic heterocycles. The van der Waals surface area contributed by atoms with Gasteiger partial charge >= 0.3 is 11.9 Å². The van der Waals surface area contributed by atoms with Gasteiger partial charge in [-0.25, -0.2) is 4.79 Å². The van der Waals surface area contributed by atoms with Crippen LogP contribution in [0.3, 0.4) is 0 Å². The van der Waals surface area contributed by atoms with Crippen molar-refractivity contribution in [3.63, 3.8) is 0 Å². The van der Waals surface area contributed by atoms with E-state index in [4.69, 9.17) is 9.47 Å². The van der Waals surface area contributed by atoms with Gasteiger partial charge in [0.25, 0.3) is 0 Å². The van der Waals surface area contributed by atoms with Gasteiger partial charge in [0.15, 0.2) is 6.04 Å². The number of benzene rings is 2. The number of carbonyl (C=O) groups excluding carboxylic acids is 4. The van der Waals surface area contributed by atoms with Gasteiger partial charge in [-0.2, -0.15) is 0 Å². The van der Waals surface area contributed by atoms with Gasteiger partial charge in [0, 0.05) is 19.4 Å². The summed E-state index contributed by atoms with van der Waals surface area (Å²) in [6.07, 6.45) is 5.12. The van der Waals surface area contributed by atoms with Crippen molar-refractivity contribution in [3.8, 4) is 0 Å². The first kappa shape index (κ1) is 32.3. The number of fused-ring (bicyclic) bond motifs is 1. The van der Waals surface area contributed by atoms with E-state index in [1.165, 1.54) is 6.08 Å². The fraction of sp³-hybridized carbons (Fsp3) is 0.394. The Bertz CT molecular complexity index is 1230. The summed E-state index contributed by atoms with van der Waals surface area (Å²) in [6.45, 7) is 7.05. The van der Waals surface area contributed by atoms with E-state index in [9.17, 15) is 24.3 Å². The molecule has 1 heterocycles. The van der Waals surface area contributed by atoms with Crippen LogP contribution < -0.4 is 5.32 Å². The van der Waals surface area contributed by atoms with E-state index in [1.807, 2.05) is 42.5 Å². The molecule has 2 aromatic rings. The average molecular weight is 577 g/mol. The first-order valence-electron chi connectivity index (χ1n) is 14.2. The van der Waals surface area contributed by atoms with Crippen molar-refractivity contribution >= 4 is 23.8 Å². The third-order valence-corrected chi connectivity index (χ3v) is 7.15. The Kier molecular flexibility index (Phi) is 13.0. The molecule has 2 N–H and O–H groups in total. The fourth-order valence-electron chi connectivity index (χ4n) is 4.78. The molecular formula is C33H40N2O7. The number of ether oxygens (including phenoxy) is 2. The summed E-state index contributed by atoms with van der Waals surface area (Å²) in [4.78, 5) is 53.6. The number of nitrogens with zero attached hydrogens (tertiary/aromatic N) is 1. The van der Waals surface area contributed by atoms with E-state index in [-0.39, 0.29) is 38.4 Å². The number of allylic oxidation sites excluding steroid dienone is 2. The SMILES string of the molecule is C=CCCCC(=O)OC[C@@H](NC(=O)[C@H](CC=C)CC(=O)N1Cc2ccccc2C[C@H]1CO)C(=O)OCc1ccccc1. The van der Waals surface area contributed by atoms with E-state index < -0.39 is 42.5 Å². The minimum Gasteiger partial charge on any atom is -0.463 e. The predicted molar refractivity (Wildman–Crippen MR) is 158 cm³/mol. The maximum absolute atomic E-state index is 13.4. The maximum atomic E-state index is 13.4. The van der Waals surface area contributed by atoms with Crippen molar-refractivity contribution in [1.82, 2.24) is 10.2 Å². The summed E-state index contributed by atoms with van der Waals surface area (Å²) in [7, 11) is 0. The van der Waals surface area contributed by atoms with Crippen molar-refractivity contribution in [3.05, 3.63) is 96.6 Å². The van der Waals surface area contributed by atoms with Gasteiger partial charge in [-0.05, 0) is 42.4 Å². The summed E-state index contributed by atoms with van der Waals surface area (Å²) < 4.78 is 10.7. The predicted octanol–water partition coefficient (Wildman–Crippen LogP) is 3.64. The number of aliphatic hydroxyl groups is 1. The van der Waals surface area contributed by atoms with Gasteiger partial charge in [-0.1, -0.05) is 66.7 Å². The van der Waals surface area contributed by atoms with Crippen molar-refractivity contribution in [2.24, 2.45) is 5.92 Å². The molecule has 9 heteroatoms. The third kappa shape index (κ3) is 9.69. The van der Waals surface area contributed by atoms with Crippen LogP contribution in [0.2, 0.25) is 0 Å². The van der Waals surface area contributed by atoms with Gasteiger partial charge in [0.1, 0.15) is 13.2 Å². The van der Waals surface area contributed by atoms with Gasteiger partial charge in [-0.15, -0.1) is 13.2 Å². The summed E-state index contributed by atoms with van der Waals surface area (Å²) in [5.74, 6) is -2.96. The number of carbonyl (C=O) groups is 4. The van der Waals surface area contributed by atoms with E-state index >= 15 is 0 Å². The monoisotopic (exact) mass is 576 g/mol. The molecule has 3 rings (SSSR count).